The van der Waals surface area contributed by atoms with E-state index in [2.05, 4.69) is 13.8 Å². The van der Waals surface area contributed by atoms with Gasteiger partial charge in [0.1, 0.15) is 13.1 Å². The Bertz CT molecular complexity index is 1030. The summed E-state index contributed by atoms with van der Waals surface area (Å²) in [5, 5.41) is 0. The number of piperidine rings is 1. The highest BCUT2D eigenvalue weighted by atomic mass is 16.2. The Morgan fingerprint density at radius 3 is 2.12 bits per heavy atom. The molecule has 2 aromatic carbocycles. The maximum absolute atomic E-state index is 13.3. The largest absolute Gasteiger partial charge is 0.341 e. The molecule has 2 aliphatic heterocycles. The average Bonchev–Trinajstić information content (AvgIpc) is 3.02. The number of carbonyl (C=O) groups excluding carboxylic acids is 4. The minimum atomic E-state index is -0.490. The van der Waals surface area contributed by atoms with Crippen molar-refractivity contribution in [1.29, 1.82) is 0 Å². The summed E-state index contributed by atoms with van der Waals surface area (Å²) >= 11 is 0. The number of anilines is 1. The zero-order valence-corrected chi connectivity index (χ0v) is 18.4. The first-order valence-electron chi connectivity index (χ1n) is 10.9. The van der Waals surface area contributed by atoms with Gasteiger partial charge in [0.25, 0.3) is 11.8 Å². The number of benzene rings is 2. The number of hydrogen-bond acceptors (Lipinski definition) is 4. The topological polar surface area (TPSA) is 78.0 Å². The molecule has 2 aliphatic rings. The monoisotopic (exact) mass is 433 g/mol. The third kappa shape index (κ3) is 4.28. The summed E-state index contributed by atoms with van der Waals surface area (Å²) in [5.41, 5.74) is 1.18. The van der Waals surface area contributed by atoms with E-state index in [4.69, 9.17) is 0 Å². The molecule has 2 aromatic rings. The molecule has 0 bridgehead atoms. The fourth-order valence-corrected chi connectivity index (χ4v) is 4.41. The minimum Gasteiger partial charge on any atom is -0.341 e. The van der Waals surface area contributed by atoms with Crippen molar-refractivity contribution in [3.05, 3.63) is 65.7 Å². The highest BCUT2D eigenvalue weighted by Gasteiger charge is 2.38. The van der Waals surface area contributed by atoms with E-state index in [0.717, 1.165) is 17.7 Å². The number of imide groups is 1. The van der Waals surface area contributed by atoms with Gasteiger partial charge in [-0.05, 0) is 42.5 Å². The molecule has 0 unspecified atom stereocenters. The van der Waals surface area contributed by atoms with Crippen molar-refractivity contribution in [2.75, 3.05) is 31.1 Å². The summed E-state index contributed by atoms with van der Waals surface area (Å²) in [7, 11) is 0. The number of likely N-dealkylation sites (tertiary alicyclic amines) is 1. The zero-order chi connectivity index (χ0) is 22.9. The van der Waals surface area contributed by atoms with E-state index < -0.39 is 24.3 Å². The molecule has 0 spiro atoms. The first-order chi connectivity index (χ1) is 15.3. The predicted molar refractivity (Wildman–Crippen MR) is 120 cm³/mol. The molecule has 7 nitrogen and oxygen atoms in total. The van der Waals surface area contributed by atoms with Crippen LogP contribution in [0.4, 0.5) is 5.69 Å². The van der Waals surface area contributed by atoms with Gasteiger partial charge in [-0.15, -0.1) is 0 Å². The van der Waals surface area contributed by atoms with Crippen LogP contribution in [0.1, 0.15) is 47.4 Å². The first-order valence-corrected chi connectivity index (χ1v) is 10.9. The van der Waals surface area contributed by atoms with Crippen LogP contribution < -0.4 is 4.90 Å². The smallest absolute Gasteiger partial charge is 0.262 e. The zero-order valence-electron chi connectivity index (χ0n) is 18.4. The molecule has 2 heterocycles. The van der Waals surface area contributed by atoms with Crippen molar-refractivity contribution in [3.63, 3.8) is 0 Å². The van der Waals surface area contributed by atoms with E-state index in [-0.39, 0.29) is 17.9 Å². The molecular weight excluding hydrogens is 406 g/mol. The standard InChI is InChI=1S/C25H27N3O4/c1-25(2)13-8-14-26(17-25)21(29)15-27(18-9-4-3-5-10-18)22(30)16-28-23(31)19-11-6-7-12-20(19)24(28)32/h3-7,9-12H,8,13-17H2,1-2H3. The number of rotatable bonds is 5. The highest BCUT2D eigenvalue weighted by Crippen LogP contribution is 2.29. The molecule has 1 saturated heterocycles. The third-order valence-corrected chi connectivity index (χ3v) is 6.09. The lowest BCUT2D eigenvalue weighted by Crippen LogP contribution is -2.50. The minimum absolute atomic E-state index is 0.0374. The molecule has 0 atom stereocenters. The Balaban J connectivity index is 1.54. The van der Waals surface area contributed by atoms with Crippen LogP contribution in [0.25, 0.3) is 0 Å². The van der Waals surface area contributed by atoms with Crippen LogP contribution in [0.5, 0.6) is 0 Å². The fourth-order valence-electron chi connectivity index (χ4n) is 4.41. The number of amides is 4. The predicted octanol–water partition coefficient (Wildman–Crippen LogP) is 2.96. The lowest BCUT2D eigenvalue weighted by Gasteiger charge is -2.39. The normalized spacial score (nSPS) is 17.3. The summed E-state index contributed by atoms with van der Waals surface area (Å²) in [4.78, 5) is 55.9. The van der Waals surface area contributed by atoms with E-state index >= 15 is 0 Å². The Kier molecular flexibility index (Phi) is 5.82. The number of para-hydroxylation sites is 1. The highest BCUT2D eigenvalue weighted by molar-refractivity contribution is 6.22. The summed E-state index contributed by atoms with van der Waals surface area (Å²) < 4.78 is 0. The Hall–Kier alpha value is -3.48. The van der Waals surface area contributed by atoms with Gasteiger partial charge in [0.15, 0.2) is 0 Å². The summed E-state index contributed by atoms with van der Waals surface area (Å²) in [6.45, 7) is 5.02. The lowest BCUT2D eigenvalue weighted by molar-refractivity contribution is -0.134. The number of carbonyl (C=O) groups is 4. The van der Waals surface area contributed by atoms with Gasteiger partial charge in [-0.3, -0.25) is 24.1 Å². The van der Waals surface area contributed by atoms with Gasteiger partial charge in [-0.2, -0.15) is 0 Å². The van der Waals surface area contributed by atoms with Crippen LogP contribution in [-0.2, 0) is 9.59 Å². The van der Waals surface area contributed by atoms with Crippen molar-refractivity contribution in [2.24, 2.45) is 5.41 Å². The second kappa shape index (κ2) is 8.57. The van der Waals surface area contributed by atoms with E-state index in [0.29, 0.717) is 29.9 Å². The Morgan fingerprint density at radius 1 is 0.938 bits per heavy atom. The van der Waals surface area contributed by atoms with Crippen molar-refractivity contribution >= 4 is 29.3 Å². The van der Waals surface area contributed by atoms with Crippen LogP contribution in [0.3, 0.4) is 0 Å². The fraction of sp³-hybridized carbons (Fsp3) is 0.360. The SMILES string of the molecule is CC1(C)CCCN(C(=O)CN(C(=O)CN2C(=O)c3ccccc3C2=O)c2ccccc2)C1. The Morgan fingerprint density at radius 2 is 1.53 bits per heavy atom. The van der Waals surface area contributed by atoms with Gasteiger partial charge in [0.05, 0.1) is 11.1 Å². The van der Waals surface area contributed by atoms with Gasteiger partial charge < -0.3 is 9.80 Å². The van der Waals surface area contributed by atoms with Crippen molar-refractivity contribution < 1.29 is 19.2 Å². The molecule has 4 amide bonds. The van der Waals surface area contributed by atoms with Gasteiger partial charge in [-0.1, -0.05) is 44.2 Å². The van der Waals surface area contributed by atoms with Crippen LogP contribution in [-0.4, -0.2) is 59.6 Å². The van der Waals surface area contributed by atoms with Gasteiger partial charge in [-0.25, -0.2) is 0 Å². The maximum Gasteiger partial charge on any atom is 0.262 e. The van der Waals surface area contributed by atoms with Gasteiger partial charge >= 0.3 is 0 Å². The molecule has 0 radical (unpaired) electrons. The molecule has 32 heavy (non-hydrogen) atoms. The quantitative estimate of drug-likeness (QED) is 0.680. The van der Waals surface area contributed by atoms with E-state index in [1.807, 2.05) is 6.07 Å². The van der Waals surface area contributed by atoms with E-state index in [1.54, 1.807) is 53.4 Å². The average molecular weight is 434 g/mol. The summed E-state index contributed by atoms with van der Waals surface area (Å²) in [6.07, 6.45) is 1.98. The third-order valence-electron chi connectivity index (χ3n) is 6.09. The molecule has 0 aliphatic carbocycles. The summed E-state index contributed by atoms with van der Waals surface area (Å²) in [6, 6.07) is 15.4. The van der Waals surface area contributed by atoms with Gasteiger partial charge in [0, 0.05) is 18.8 Å². The molecule has 166 valence electrons. The van der Waals surface area contributed by atoms with Crippen molar-refractivity contribution in [1.82, 2.24) is 9.80 Å². The number of nitrogens with zero attached hydrogens (tertiary/aromatic N) is 3. The second-order valence-electron chi connectivity index (χ2n) is 9.14. The number of fused-ring (bicyclic) bond motifs is 1. The Labute approximate surface area is 187 Å². The molecule has 1 fully saturated rings. The van der Waals surface area contributed by atoms with Crippen LogP contribution >= 0.6 is 0 Å². The molecule has 7 heteroatoms. The molecule has 0 saturated carbocycles. The molecule has 0 aromatic heterocycles. The van der Waals surface area contributed by atoms with Crippen molar-refractivity contribution in [2.45, 2.75) is 26.7 Å². The summed E-state index contributed by atoms with van der Waals surface area (Å²) in [5.74, 6) is -1.60. The first kappa shape index (κ1) is 21.7. The molecular formula is C25H27N3O4. The second-order valence-corrected chi connectivity index (χ2v) is 9.14. The van der Waals surface area contributed by atoms with Crippen LogP contribution in [0, 0.1) is 5.41 Å². The van der Waals surface area contributed by atoms with Crippen LogP contribution in [0.2, 0.25) is 0 Å². The van der Waals surface area contributed by atoms with Crippen molar-refractivity contribution in [3.8, 4) is 0 Å². The van der Waals surface area contributed by atoms with E-state index in [9.17, 15) is 19.2 Å². The maximum atomic E-state index is 13.3. The lowest BCUT2D eigenvalue weighted by atomic mass is 9.84. The van der Waals surface area contributed by atoms with Crippen LogP contribution in [0.15, 0.2) is 54.6 Å². The van der Waals surface area contributed by atoms with E-state index in [1.165, 1.54) is 4.90 Å². The van der Waals surface area contributed by atoms with Gasteiger partial charge in [0.2, 0.25) is 11.8 Å². The molecule has 4 rings (SSSR count). The molecule has 0 N–H and O–H groups in total. The number of hydrogen-bond donors (Lipinski definition) is 0.